The Morgan fingerprint density at radius 3 is 2.20 bits per heavy atom. The van der Waals surface area contributed by atoms with E-state index in [1.807, 2.05) is 0 Å². The number of hydrogen-bond acceptors (Lipinski definition) is 4. The lowest BCUT2D eigenvalue weighted by Crippen LogP contribution is -2.61. The number of benzene rings is 1. The highest BCUT2D eigenvalue weighted by Crippen LogP contribution is 2.55. The lowest BCUT2D eigenvalue weighted by Gasteiger charge is -2.56. The number of nitro groups is 1. The van der Waals surface area contributed by atoms with E-state index < -0.39 is 16.7 Å². The Labute approximate surface area is 145 Å². The Kier molecular flexibility index (Phi) is 3.74. The fourth-order valence-electron chi connectivity index (χ4n) is 5.45. The van der Waals surface area contributed by atoms with Crippen molar-refractivity contribution in [3.8, 4) is 0 Å². The first-order valence-electron chi connectivity index (χ1n) is 8.80. The number of rotatable bonds is 3. The van der Waals surface area contributed by atoms with Crippen molar-refractivity contribution in [1.29, 1.82) is 0 Å². The number of anilines is 1. The van der Waals surface area contributed by atoms with E-state index in [-0.39, 0.29) is 16.9 Å². The Morgan fingerprint density at radius 2 is 1.64 bits per heavy atom. The predicted molar refractivity (Wildman–Crippen MR) is 90.8 cm³/mol. The largest absolute Gasteiger partial charge is 0.342 e. The zero-order valence-corrected chi connectivity index (χ0v) is 13.9. The predicted octanol–water partition coefficient (Wildman–Crippen LogP) is 2.62. The van der Waals surface area contributed by atoms with Crippen LogP contribution in [-0.4, -0.2) is 22.3 Å². The standard InChI is InChI=1S/C18H21N3O4/c22-16(19-14-2-1-3-15(7-14)21(24)25)17(23)20-18-8-11-4-12(9-18)6-13(5-11)10-18/h1-3,7,11-13H,4-6,8-10H2,(H,19,22)(H,20,23). The van der Waals surface area contributed by atoms with Gasteiger partial charge in [-0.25, -0.2) is 0 Å². The molecule has 2 N–H and O–H groups in total. The molecule has 0 radical (unpaired) electrons. The number of hydrogen-bond donors (Lipinski definition) is 2. The van der Waals surface area contributed by atoms with E-state index >= 15 is 0 Å². The number of amides is 2. The number of nitrogens with one attached hydrogen (secondary N) is 2. The van der Waals surface area contributed by atoms with Gasteiger partial charge in [0.15, 0.2) is 0 Å². The number of non-ortho nitro benzene ring substituents is 1. The number of carbonyl (C=O) groups is 2. The minimum absolute atomic E-state index is 0.126. The van der Waals surface area contributed by atoms with Crippen molar-refractivity contribution in [1.82, 2.24) is 5.32 Å². The molecule has 0 saturated heterocycles. The average Bonchev–Trinajstić information content (AvgIpc) is 2.53. The van der Waals surface area contributed by atoms with Crippen molar-refractivity contribution in [3.05, 3.63) is 34.4 Å². The minimum Gasteiger partial charge on any atom is -0.342 e. The topological polar surface area (TPSA) is 101 Å². The van der Waals surface area contributed by atoms with Crippen LogP contribution < -0.4 is 10.6 Å². The zero-order chi connectivity index (χ0) is 17.6. The number of carbonyl (C=O) groups excluding carboxylic acids is 2. The Morgan fingerprint density at radius 1 is 1.04 bits per heavy atom. The smallest absolute Gasteiger partial charge is 0.313 e. The van der Waals surface area contributed by atoms with E-state index in [0.29, 0.717) is 17.8 Å². The lowest BCUT2D eigenvalue weighted by molar-refractivity contribution is -0.384. The highest BCUT2D eigenvalue weighted by molar-refractivity contribution is 6.39. The van der Waals surface area contributed by atoms with Crippen LogP contribution in [0.3, 0.4) is 0 Å². The molecule has 7 nitrogen and oxygen atoms in total. The van der Waals surface area contributed by atoms with Gasteiger partial charge in [-0.05, 0) is 62.3 Å². The zero-order valence-electron chi connectivity index (χ0n) is 13.9. The van der Waals surface area contributed by atoms with E-state index in [4.69, 9.17) is 0 Å². The van der Waals surface area contributed by atoms with E-state index in [0.717, 1.165) is 19.3 Å². The maximum Gasteiger partial charge on any atom is 0.313 e. The molecule has 4 aliphatic rings. The third-order valence-electron chi connectivity index (χ3n) is 5.94. The Bertz CT molecular complexity index is 710. The Hall–Kier alpha value is -2.44. The van der Waals surface area contributed by atoms with Crippen LogP contribution in [0, 0.1) is 27.9 Å². The maximum absolute atomic E-state index is 12.4. The van der Waals surface area contributed by atoms with Gasteiger partial charge >= 0.3 is 11.8 Å². The normalized spacial score (nSPS) is 32.2. The summed E-state index contributed by atoms with van der Waals surface area (Å²) in [6.07, 6.45) is 6.68. The third kappa shape index (κ3) is 3.10. The molecule has 0 aliphatic heterocycles. The summed E-state index contributed by atoms with van der Waals surface area (Å²) < 4.78 is 0. The second kappa shape index (κ2) is 5.82. The highest BCUT2D eigenvalue weighted by atomic mass is 16.6. The maximum atomic E-state index is 12.4. The molecular formula is C18H21N3O4. The minimum atomic E-state index is -0.767. The van der Waals surface area contributed by atoms with Crippen molar-refractivity contribution < 1.29 is 14.5 Å². The summed E-state index contributed by atoms with van der Waals surface area (Å²) in [5.74, 6) is 0.605. The molecule has 0 unspecified atom stereocenters. The van der Waals surface area contributed by atoms with Crippen molar-refractivity contribution in [3.63, 3.8) is 0 Å². The van der Waals surface area contributed by atoms with Crippen LogP contribution in [0.2, 0.25) is 0 Å². The summed E-state index contributed by atoms with van der Waals surface area (Å²) in [5, 5.41) is 16.3. The summed E-state index contributed by atoms with van der Waals surface area (Å²) in [6.45, 7) is 0. The molecule has 0 aromatic heterocycles. The lowest BCUT2D eigenvalue weighted by atomic mass is 9.53. The molecule has 4 aliphatic carbocycles. The molecule has 0 spiro atoms. The van der Waals surface area contributed by atoms with Gasteiger partial charge in [-0.3, -0.25) is 19.7 Å². The molecule has 1 aromatic rings. The van der Waals surface area contributed by atoms with E-state index in [1.54, 1.807) is 0 Å². The van der Waals surface area contributed by atoms with Gasteiger partial charge in [-0.2, -0.15) is 0 Å². The van der Waals surface area contributed by atoms with Crippen LogP contribution in [-0.2, 0) is 9.59 Å². The van der Waals surface area contributed by atoms with Crippen LogP contribution in [0.5, 0.6) is 0 Å². The van der Waals surface area contributed by atoms with E-state index in [2.05, 4.69) is 10.6 Å². The first kappa shape index (κ1) is 16.1. The van der Waals surface area contributed by atoms with Crippen LogP contribution in [0.1, 0.15) is 38.5 Å². The molecule has 25 heavy (non-hydrogen) atoms. The van der Waals surface area contributed by atoms with Gasteiger partial charge < -0.3 is 10.6 Å². The molecule has 132 valence electrons. The second-order valence-electron chi connectivity index (χ2n) is 7.91. The van der Waals surface area contributed by atoms with Crippen molar-refractivity contribution in [2.75, 3.05) is 5.32 Å². The number of nitro benzene ring substituents is 1. The molecule has 4 bridgehead atoms. The van der Waals surface area contributed by atoms with E-state index in [9.17, 15) is 19.7 Å². The Balaban J connectivity index is 1.42. The van der Waals surface area contributed by atoms with Crippen molar-refractivity contribution in [2.45, 2.75) is 44.1 Å². The van der Waals surface area contributed by atoms with Gasteiger partial charge in [0.1, 0.15) is 0 Å². The molecule has 1 aromatic carbocycles. The summed E-state index contributed by atoms with van der Waals surface area (Å²) in [5.41, 5.74) is -0.106. The third-order valence-corrected chi connectivity index (χ3v) is 5.94. The molecule has 7 heteroatoms. The molecule has 2 amide bonds. The summed E-state index contributed by atoms with van der Waals surface area (Å²) in [6, 6.07) is 5.59. The molecule has 0 heterocycles. The average molecular weight is 343 g/mol. The van der Waals surface area contributed by atoms with Crippen molar-refractivity contribution in [2.24, 2.45) is 17.8 Å². The fraction of sp³-hybridized carbons (Fsp3) is 0.556. The van der Waals surface area contributed by atoms with Gasteiger partial charge in [0.05, 0.1) is 4.92 Å². The summed E-state index contributed by atoms with van der Waals surface area (Å²) in [4.78, 5) is 34.9. The van der Waals surface area contributed by atoms with Gasteiger partial charge in [0.2, 0.25) is 0 Å². The van der Waals surface area contributed by atoms with Crippen LogP contribution in [0.15, 0.2) is 24.3 Å². The van der Waals surface area contributed by atoms with Crippen LogP contribution >= 0.6 is 0 Å². The fourth-order valence-corrected chi connectivity index (χ4v) is 5.45. The van der Waals surface area contributed by atoms with Gasteiger partial charge in [-0.15, -0.1) is 0 Å². The molecule has 4 fully saturated rings. The highest BCUT2D eigenvalue weighted by Gasteiger charge is 2.51. The van der Waals surface area contributed by atoms with Gasteiger partial charge in [0, 0.05) is 23.4 Å². The monoisotopic (exact) mass is 343 g/mol. The van der Waals surface area contributed by atoms with E-state index in [1.165, 1.54) is 43.5 Å². The first-order valence-corrected chi connectivity index (χ1v) is 8.80. The molecular weight excluding hydrogens is 322 g/mol. The van der Waals surface area contributed by atoms with Crippen LogP contribution in [0.25, 0.3) is 0 Å². The summed E-state index contributed by atoms with van der Waals surface area (Å²) in [7, 11) is 0. The summed E-state index contributed by atoms with van der Waals surface area (Å²) >= 11 is 0. The SMILES string of the molecule is O=C(Nc1cccc([N+](=O)[O-])c1)C(=O)NC12CC3CC(CC(C3)C1)C2. The molecule has 4 saturated carbocycles. The number of nitrogens with zero attached hydrogens (tertiary/aromatic N) is 1. The molecule has 0 atom stereocenters. The second-order valence-corrected chi connectivity index (χ2v) is 7.91. The quantitative estimate of drug-likeness (QED) is 0.500. The van der Waals surface area contributed by atoms with Gasteiger partial charge in [-0.1, -0.05) is 6.07 Å². The van der Waals surface area contributed by atoms with Crippen molar-refractivity contribution >= 4 is 23.2 Å². The van der Waals surface area contributed by atoms with Gasteiger partial charge in [0.25, 0.3) is 5.69 Å². The first-order chi connectivity index (χ1) is 11.9. The molecule has 5 rings (SSSR count). The van der Waals surface area contributed by atoms with Crippen LogP contribution in [0.4, 0.5) is 11.4 Å².